The van der Waals surface area contributed by atoms with E-state index < -0.39 is 0 Å². The first-order valence-electron chi connectivity index (χ1n) is 6.57. The number of nitrogens with one attached hydrogen (secondary N) is 1. The second-order valence-electron chi connectivity index (χ2n) is 5.43. The molecule has 2 heterocycles. The number of nitrogens with zero attached hydrogens (tertiary/aromatic N) is 4. The topological polar surface area (TPSA) is 65.1 Å². The van der Waals surface area contributed by atoms with Crippen molar-refractivity contribution < 1.29 is 4.79 Å². The van der Waals surface area contributed by atoms with Crippen molar-refractivity contribution >= 4 is 5.91 Å². The Morgan fingerprint density at radius 2 is 2.17 bits per heavy atom. The molecular formula is C12H19N5O. The molecule has 0 bridgehead atoms. The summed E-state index contributed by atoms with van der Waals surface area (Å²) >= 11 is 0. The highest BCUT2D eigenvalue weighted by Crippen LogP contribution is 2.37. The van der Waals surface area contributed by atoms with E-state index in [0.717, 1.165) is 38.3 Å². The van der Waals surface area contributed by atoms with E-state index in [1.165, 1.54) is 0 Å². The summed E-state index contributed by atoms with van der Waals surface area (Å²) in [7, 11) is 2.08. The summed E-state index contributed by atoms with van der Waals surface area (Å²) in [6.45, 7) is 4.65. The molecule has 1 aromatic rings. The van der Waals surface area contributed by atoms with Gasteiger partial charge in [0.2, 0.25) is 5.82 Å². The van der Waals surface area contributed by atoms with Crippen molar-refractivity contribution in [2.75, 3.05) is 26.7 Å². The second-order valence-corrected chi connectivity index (χ2v) is 5.43. The second kappa shape index (κ2) is 4.35. The molecule has 6 nitrogen and oxygen atoms in total. The average molecular weight is 249 g/mol. The molecule has 1 saturated heterocycles. The first kappa shape index (κ1) is 11.6. The van der Waals surface area contributed by atoms with Gasteiger partial charge < -0.3 is 9.80 Å². The van der Waals surface area contributed by atoms with Crippen LogP contribution < -0.4 is 0 Å². The zero-order valence-corrected chi connectivity index (χ0v) is 10.9. The van der Waals surface area contributed by atoms with Crippen LogP contribution in [0.4, 0.5) is 0 Å². The molecule has 98 valence electrons. The molecule has 1 aliphatic carbocycles. The molecule has 2 fully saturated rings. The van der Waals surface area contributed by atoms with E-state index in [9.17, 15) is 4.79 Å². The van der Waals surface area contributed by atoms with Gasteiger partial charge in [0.1, 0.15) is 5.82 Å². The number of rotatable bonds is 2. The monoisotopic (exact) mass is 249 g/mol. The number of amides is 1. The summed E-state index contributed by atoms with van der Waals surface area (Å²) in [5.74, 6) is 1.66. The predicted octanol–water partition coefficient (Wildman–Crippen LogP) is 0.458. The SMILES string of the molecule is CC1CN(C)CCN1C(=O)c1n[nH]c(C2CC2)n1. The van der Waals surface area contributed by atoms with Crippen molar-refractivity contribution in [1.29, 1.82) is 0 Å². The van der Waals surface area contributed by atoms with Crippen molar-refractivity contribution in [2.45, 2.75) is 31.7 Å². The average Bonchev–Trinajstić information content (AvgIpc) is 3.06. The Balaban J connectivity index is 1.72. The number of aromatic amines is 1. The number of likely N-dealkylation sites (N-methyl/N-ethyl adjacent to an activating group) is 1. The largest absolute Gasteiger partial charge is 0.331 e. The summed E-state index contributed by atoms with van der Waals surface area (Å²) in [4.78, 5) is 20.8. The van der Waals surface area contributed by atoms with Gasteiger partial charge in [-0.2, -0.15) is 0 Å². The summed E-state index contributed by atoms with van der Waals surface area (Å²) in [6.07, 6.45) is 2.32. The first-order valence-corrected chi connectivity index (χ1v) is 6.57. The van der Waals surface area contributed by atoms with E-state index >= 15 is 0 Å². The number of carbonyl (C=O) groups is 1. The number of carbonyl (C=O) groups excluding carboxylic acids is 1. The normalized spacial score (nSPS) is 25.4. The fraction of sp³-hybridized carbons (Fsp3) is 0.750. The van der Waals surface area contributed by atoms with Gasteiger partial charge in [0.15, 0.2) is 0 Å². The third-order valence-electron chi connectivity index (χ3n) is 3.75. The Morgan fingerprint density at radius 1 is 1.39 bits per heavy atom. The Labute approximate surface area is 106 Å². The van der Waals surface area contributed by atoms with Crippen LogP contribution in [0.2, 0.25) is 0 Å². The Kier molecular flexibility index (Phi) is 2.81. The molecule has 3 rings (SSSR count). The zero-order chi connectivity index (χ0) is 12.7. The molecular weight excluding hydrogens is 230 g/mol. The van der Waals surface area contributed by atoms with Gasteiger partial charge in [-0.3, -0.25) is 9.89 Å². The van der Waals surface area contributed by atoms with E-state index in [4.69, 9.17) is 0 Å². The van der Waals surface area contributed by atoms with Crippen molar-refractivity contribution in [3.8, 4) is 0 Å². The maximum absolute atomic E-state index is 12.3. The molecule has 0 radical (unpaired) electrons. The van der Waals surface area contributed by atoms with Crippen LogP contribution in [-0.4, -0.2) is 63.6 Å². The fourth-order valence-corrected chi connectivity index (χ4v) is 2.48. The minimum absolute atomic E-state index is 0.0428. The smallest absolute Gasteiger partial charge is 0.293 e. The van der Waals surface area contributed by atoms with Gasteiger partial charge in [0.25, 0.3) is 5.91 Å². The summed E-state index contributed by atoms with van der Waals surface area (Å²) in [5, 5.41) is 6.96. The highest BCUT2D eigenvalue weighted by atomic mass is 16.2. The van der Waals surface area contributed by atoms with Gasteiger partial charge in [-0.1, -0.05) is 0 Å². The highest BCUT2D eigenvalue weighted by molar-refractivity contribution is 5.90. The quantitative estimate of drug-likeness (QED) is 0.827. The van der Waals surface area contributed by atoms with E-state index in [2.05, 4.69) is 34.1 Å². The first-order chi connectivity index (χ1) is 8.65. The minimum Gasteiger partial charge on any atom is -0.331 e. The van der Waals surface area contributed by atoms with Crippen LogP contribution in [0.1, 0.15) is 42.1 Å². The van der Waals surface area contributed by atoms with Gasteiger partial charge in [-0.05, 0) is 26.8 Å². The molecule has 0 spiro atoms. The van der Waals surface area contributed by atoms with Crippen LogP contribution >= 0.6 is 0 Å². The number of aromatic nitrogens is 3. The van der Waals surface area contributed by atoms with E-state index in [1.807, 2.05) is 4.90 Å². The van der Waals surface area contributed by atoms with E-state index in [-0.39, 0.29) is 11.9 Å². The molecule has 1 N–H and O–H groups in total. The molecule has 18 heavy (non-hydrogen) atoms. The number of H-pyrrole nitrogens is 1. The van der Waals surface area contributed by atoms with Gasteiger partial charge in [-0.15, -0.1) is 5.10 Å². The molecule has 1 atom stereocenters. The summed E-state index contributed by atoms with van der Waals surface area (Å²) in [6, 6.07) is 0.221. The number of hydrogen-bond donors (Lipinski definition) is 1. The molecule has 6 heteroatoms. The molecule has 1 amide bonds. The van der Waals surface area contributed by atoms with Crippen LogP contribution in [-0.2, 0) is 0 Å². The third kappa shape index (κ3) is 2.12. The van der Waals surface area contributed by atoms with E-state index in [0.29, 0.717) is 11.7 Å². The van der Waals surface area contributed by atoms with Gasteiger partial charge in [0, 0.05) is 31.6 Å². The van der Waals surface area contributed by atoms with Crippen LogP contribution in [0.3, 0.4) is 0 Å². The lowest BCUT2D eigenvalue weighted by molar-refractivity contribution is 0.0522. The zero-order valence-electron chi connectivity index (χ0n) is 10.9. The van der Waals surface area contributed by atoms with Crippen molar-refractivity contribution in [3.63, 3.8) is 0 Å². The van der Waals surface area contributed by atoms with Crippen LogP contribution in [0, 0.1) is 0 Å². The predicted molar refractivity (Wildman–Crippen MR) is 66.4 cm³/mol. The van der Waals surface area contributed by atoms with Crippen LogP contribution in [0.25, 0.3) is 0 Å². The molecule has 0 aromatic carbocycles. The van der Waals surface area contributed by atoms with Gasteiger partial charge in [-0.25, -0.2) is 4.98 Å². The molecule has 1 saturated carbocycles. The lowest BCUT2D eigenvalue weighted by Crippen LogP contribution is -2.52. The maximum Gasteiger partial charge on any atom is 0.293 e. The van der Waals surface area contributed by atoms with E-state index in [1.54, 1.807) is 0 Å². The molecule has 2 aliphatic rings. The van der Waals surface area contributed by atoms with Crippen molar-refractivity contribution in [1.82, 2.24) is 25.0 Å². The van der Waals surface area contributed by atoms with Crippen LogP contribution in [0.15, 0.2) is 0 Å². The summed E-state index contributed by atoms with van der Waals surface area (Å²) in [5.41, 5.74) is 0. The minimum atomic E-state index is -0.0428. The van der Waals surface area contributed by atoms with Crippen molar-refractivity contribution in [2.24, 2.45) is 0 Å². The maximum atomic E-state index is 12.3. The fourth-order valence-electron chi connectivity index (χ4n) is 2.48. The number of piperazine rings is 1. The summed E-state index contributed by atoms with van der Waals surface area (Å²) < 4.78 is 0. The van der Waals surface area contributed by atoms with Crippen LogP contribution in [0.5, 0.6) is 0 Å². The lowest BCUT2D eigenvalue weighted by atomic mass is 10.2. The Bertz CT molecular complexity index is 453. The Morgan fingerprint density at radius 3 is 2.83 bits per heavy atom. The van der Waals surface area contributed by atoms with Gasteiger partial charge >= 0.3 is 0 Å². The lowest BCUT2D eigenvalue weighted by Gasteiger charge is -2.37. The Hall–Kier alpha value is -1.43. The molecule has 1 unspecified atom stereocenters. The van der Waals surface area contributed by atoms with Gasteiger partial charge in [0.05, 0.1) is 0 Å². The standard InChI is InChI=1S/C12H19N5O/c1-8-7-16(2)5-6-17(8)12(18)11-13-10(14-15-11)9-3-4-9/h8-9H,3-7H2,1-2H3,(H,13,14,15). The number of hydrogen-bond acceptors (Lipinski definition) is 4. The third-order valence-corrected chi connectivity index (χ3v) is 3.75. The molecule has 1 aromatic heterocycles. The molecule has 1 aliphatic heterocycles. The van der Waals surface area contributed by atoms with Crippen molar-refractivity contribution in [3.05, 3.63) is 11.6 Å². The highest BCUT2D eigenvalue weighted by Gasteiger charge is 2.31.